The summed E-state index contributed by atoms with van der Waals surface area (Å²) < 4.78 is 19.2. The Kier molecular flexibility index (Phi) is 7.14. The molecule has 0 unspecified atom stereocenters. The lowest BCUT2D eigenvalue weighted by molar-refractivity contribution is -0.110. The number of amides is 1. The van der Waals surface area contributed by atoms with Crippen molar-refractivity contribution in [3.63, 3.8) is 0 Å². The van der Waals surface area contributed by atoms with Gasteiger partial charge in [-0.25, -0.2) is 14.4 Å². The molecule has 0 aliphatic rings. The maximum absolute atomic E-state index is 13.8. The molecule has 9 heteroatoms. The molecule has 1 amide bonds. The van der Waals surface area contributed by atoms with Crippen molar-refractivity contribution in [1.29, 1.82) is 10.8 Å². The molecule has 148 valence electrons. The topological polar surface area (TPSA) is 138 Å². The third-order valence-corrected chi connectivity index (χ3v) is 3.95. The highest BCUT2D eigenvalue weighted by Gasteiger charge is 2.17. The van der Waals surface area contributed by atoms with Crippen LogP contribution in [-0.4, -0.2) is 27.3 Å². The van der Waals surface area contributed by atoms with Crippen LogP contribution in [0.1, 0.15) is 33.1 Å². The maximum atomic E-state index is 13.8. The first kappa shape index (κ1) is 20.9. The van der Waals surface area contributed by atoms with Gasteiger partial charge >= 0.3 is 0 Å². The SMILES string of the molecule is CCCC(=N)[C@@H](C)CC(=N)C(=O)Nc1cc(Oc2ccc(N)cc2F)ncn1. The summed E-state index contributed by atoms with van der Waals surface area (Å²) >= 11 is 0. The second-order valence-electron chi connectivity index (χ2n) is 6.35. The highest BCUT2D eigenvalue weighted by atomic mass is 19.1. The molecular formula is C19H23FN6O2. The molecule has 28 heavy (non-hydrogen) atoms. The summed E-state index contributed by atoms with van der Waals surface area (Å²) in [5, 5.41) is 18.3. The molecule has 5 N–H and O–H groups in total. The number of hydrogen-bond acceptors (Lipinski definition) is 7. The Bertz CT molecular complexity index is 886. The van der Waals surface area contributed by atoms with E-state index in [4.69, 9.17) is 21.3 Å². The minimum atomic E-state index is -0.644. The molecule has 1 aromatic carbocycles. The number of carbonyl (C=O) groups is 1. The van der Waals surface area contributed by atoms with Gasteiger partial charge in [0.15, 0.2) is 11.6 Å². The fourth-order valence-corrected chi connectivity index (χ4v) is 2.41. The van der Waals surface area contributed by atoms with Gasteiger partial charge in [-0.05, 0) is 24.5 Å². The predicted molar refractivity (Wildman–Crippen MR) is 106 cm³/mol. The van der Waals surface area contributed by atoms with Gasteiger partial charge in [0.05, 0.1) is 5.71 Å². The molecule has 0 saturated carbocycles. The zero-order chi connectivity index (χ0) is 20.7. The van der Waals surface area contributed by atoms with Crippen LogP contribution in [-0.2, 0) is 4.79 Å². The quantitative estimate of drug-likeness (QED) is 0.384. The van der Waals surface area contributed by atoms with Crippen molar-refractivity contribution in [2.24, 2.45) is 5.92 Å². The van der Waals surface area contributed by atoms with Crippen LogP contribution in [0.15, 0.2) is 30.6 Å². The molecule has 0 aliphatic heterocycles. The van der Waals surface area contributed by atoms with Crippen LogP contribution in [0.25, 0.3) is 0 Å². The van der Waals surface area contributed by atoms with Gasteiger partial charge in [-0.2, -0.15) is 0 Å². The molecule has 8 nitrogen and oxygen atoms in total. The molecule has 0 bridgehead atoms. The Labute approximate surface area is 162 Å². The zero-order valence-corrected chi connectivity index (χ0v) is 15.8. The molecule has 0 spiro atoms. The van der Waals surface area contributed by atoms with E-state index in [-0.39, 0.29) is 41.2 Å². The second kappa shape index (κ2) is 9.54. The van der Waals surface area contributed by atoms with Crippen molar-refractivity contribution < 1.29 is 13.9 Å². The van der Waals surface area contributed by atoms with Crippen LogP contribution in [0.3, 0.4) is 0 Å². The number of nitrogens with two attached hydrogens (primary N) is 1. The van der Waals surface area contributed by atoms with Crippen molar-refractivity contribution in [3.8, 4) is 11.6 Å². The number of hydrogen-bond donors (Lipinski definition) is 4. The molecule has 1 aromatic heterocycles. The number of halogens is 1. The summed E-state index contributed by atoms with van der Waals surface area (Å²) in [6.07, 6.45) is 2.81. The van der Waals surface area contributed by atoms with E-state index in [1.54, 1.807) is 0 Å². The first-order valence-corrected chi connectivity index (χ1v) is 8.81. The summed E-state index contributed by atoms with van der Waals surface area (Å²) in [7, 11) is 0. The van der Waals surface area contributed by atoms with Crippen molar-refractivity contribution >= 4 is 28.8 Å². The van der Waals surface area contributed by atoms with Crippen molar-refractivity contribution in [3.05, 3.63) is 36.4 Å². The lowest BCUT2D eigenvalue weighted by Crippen LogP contribution is -2.26. The van der Waals surface area contributed by atoms with Crippen LogP contribution in [0.2, 0.25) is 0 Å². The highest BCUT2D eigenvalue weighted by Crippen LogP contribution is 2.25. The summed E-state index contributed by atoms with van der Waals surface area (Å²) in [6.45, 7) is 3.79. The van der Waals surface area contributed by atoms with Crippen molar-refractivity contribution in [1.82, 2.24) is 9.97 Å². The molecule has 2 aromatic rings. The molecule has 1 atom stereocenters. The third-order valence-electron chi connectivity index (χ3n) is 3.95. The summed E-state index contributed by atoms with van der Waals surface area (Å²) in [5.41, 5.74) is 6.12. The number of carbonyl (C=O) groups excluding carboxylic acids is 1. The molecule has 2 rings (SSSR count). The van der Waals surface area contributed by atoms with Crippen molar-refractivity contribution in [2.45, 2.75) is 33.1 Å². The fourth-order valence-electron chi connectivity index (χ4n) is 2.41. The average molecular weight is 386 g/mol. The molecule has 0 fully saturated rings. The second-order valence-corrected chi connectivity index (χ2v) is 6.35. The zero-order valence-electron chi connectivity index (χ0n) is 15.8. The lowest BCUT2D eigenvalue weighted by Gasteiger charge is -2.13. The predicted octanol–water partition coefficient (Wildman–Crippen LogP) is 3.79. The van der Waals surface area contributed by atoms with Gasteiger partial charge in [-0.15, -0.1) is 0 Å². The fraction of sp³-hybridized carbons (Fsp3) is 0.316. The van der Waals surface area contributed by atoms with Gasteiger partial charge in [0.2, 0.25) is 5.88 Å². The first-order valence-electron chi connectivity index (χ1n) is 8.81. The number of aromatic nitrogens is 2. The van der Waals surface area contributed by atoms with Crippen LogP contribution in [0.5, 0.6) is 11.6 Å². The van der Waals surface area contributed by atoms with Crippen LogP contribution in [0.4, 0.5) is 15.9 Å². The standard InChI is InChI=1S/C19H23FN6O2/c1-3-4-14(22)11(2)7-15(23)19(27)26-17-9-18(25-10-24-17)28-16-6-5-12(21)8-13(16)20/h5-6,8-11,22-23H,3-4,7,21H2,1-2H3,(H,24,25,26,27)/t11-/m0/s1. The number of benzene rings is 1. The normalized spacial score (nSPS) is 11.5. The van der Waals surface area contributed by atoms with E-state index in [0.29, 0.717) is 12.1 Å². The smallest absolute Gasteiger partial charge is 0.270 e. The number of nitrogen functional groups attached to an aromatic ring is 1. The first-order chi connectivity index (χ1) is 13.3. The summed E-state index contributed by atoms with van der Waals surface area (Å²) in [5.74, 6) is -1.38. The Morgan fingerprint density at radius 1 is 1.32 bits per heavy atom. The van der Waals surface area contributed by atoms with Gasteiger partial charge in [-0.3, -0.25) is 10.2 Å². The average Bonchev–Trinajstić information content (AvgIpc) is 2.64. The summed E-state index contributed by atoms with van der Waals surface area (Å²) in [6, 6.07) is 5.30. The van der Waals surface area contributed by atoms with E-state index in [1.807, 2.05) is 13.8 Å². The van der Waals surface area contributed by atoms with E-state index in [9.17, 15) is 9.18 Å². The molecular weight excluding hydrogens is 363 g/mol. The van der Waals surface area contributed by atoms with Gasteiger partial charge in [0.25, 0.3) is 5.91 Å². The van der Waals surface area contributed by atoms with E-state index < -0.39 is 11.7 Å². The van der Waals surface area contributed by atoms with Crippen LogP contribution >= 0.6 is 0 Å². The lowest BCUT2D eigenvalue weighted by atomic mass is 9.95. The Balaban J connectivity index is 2.00. The number of rotatable bonds is 9. The van der Waals surface area contributed by atoms with E-state index >= 15 is 0 Å². The maximum Gasteiger partial charge on any atom is 0.270 e. The van der Waals surface area contributed by atoms with Gasteiger partial charge < -0.3 is 21.2 Å². The minimum absolute atomic E-state index is 0.0265. The molecule has 1 heterocycles. The Hall–Kier alpha value is -3.36. The molecule has 0 radical (unpaired) electrons. The van der Waals surface area contributed by atoms with Crippen LogP contribution in [0, 0.1) is 22.6 Å². The molecule has 0 aliphatic carbocycles. The monoisotopic (exact) mass is 386 g/mol. The van der Waals surface area contributed by atoms with E-state index in [0.717, 1.165) is 18.8 Å². The minimum Gasteiger partial charge on any atom is -0.436 e. The number of anilines is 2. The highest BCUT2D eigenvalue weighted by molar-refractivity contribution is 6.42. The molecule has 0 saturated heterocycles. The number of ether oxygens (including phenoxy) is 1. The third kappa shape index (κ3) is 5.83. The van der Waals surface area contributed by atoms with E-state index in [2.05, 4.69) is 15.3 Å². The number of nitrogens with one attached hydrogen (secondary N) is 3. The summed E-state index contributed by atoms with van der Waals surface area (Å²) in [4.78, 5) is 20.0. The van der Waals surface area contributed by atoms with Crippen molar-refractivity contribution in [2.75, 3.05) is 11.1 Å². The van der Waals surface area contributed by atoms with Gasteiger partial charge in [-0.1, -0.05) is 20.3 Å². The number of nitrogens with zero attached hydrogens (tertiary/aromatic N) is 2. The van der Waals surface area contributed by atoms with E-state index in [1.165, 1.54) is 18.2 Å². The van der Waals surface area contributed by atoms with Gasteiger partial charge in [0, 0.05) is 30.0 Å². The van der Waals surface area contributed by atoms with Gasteiger partial charge in [0.1, 0.15) is 12.1 Å². The van der Waals surface area contributed by atoms with Crippen LogP contribution < -0.4 is 15.8 Å². The largest absolute Gasteiger partial charge is 0.436 e. The Morgan fingerprint density at radius 3 is 2.75 bits per heavy atom. The Morgan fingerprint density at radius 2 is 2.07 bits per heavy atom.